The highest BCUT2D eigenvalue weighted by Gasteiger charge is 2.13. The van der Waals surface area contributed by atoms with E-state index >= 15 is 0 Å². The van der Waals surface area contributed by atoms with Crippen molar-refractivity contribution in [1.82, 2.24) is 0 Å². The number of hydrogen-bond acceptors (Lipinski definition) is 5. The van der Waals surface area contributed by atoms with Gasteiger partial charge in [-0.2, -0.15) is 0 Å². The first-order chi connectivity index (χ1) is 12.5. The number of nitrogens with one attached hydrogen (secondary N) is 1. The minimum atomic E-state index is -0.475. The highest BCUT2D eigenvalue weighted by Crippen LogP contribution is 2.26. The molecule has 0 aliphatic heterocycles. The van der Waals surface area contributed by atoms with E-state index in [9.17, 15) is 9.59 Å². The Balaban J connectivity index is 2.05. The maximum Gasteiger partial charge on any atom is 0.337 e. The molecular formula is C20H23NO5. The molecule has 26 heavy (non-hydrogen) atoms. The van der Waals surface area contributed by atoms with Crippen LogP contribution in [0.4, 0.5) is 5.69 Å². The average Bonchev–Trinajstić information content (AvgIpc) is 2.65. The van der Waals surface area contributed by atoms with Gasteiger partial charge in [0.25, 0.3) is 0 Å². The van der Waals surface area contributed by atoms with E-state index in [1.54, 1.807) is 25.3 Å². The lowest BCUT2D eigenvalue weighted by Crippen LogP contribution is -2.14. The molecule has 2 rings (SSSR count). The van der Waals surface area contributed by atoms with Crippen molar-refractivity contribution < 1.29 is 23.8 Å². The topological polar surface area (TPSA) is 73.9 Å². The van der Waals surface area contributed by atoms with E-state index in [-0.39, 0.29) is 5.91 Å². The molecule has 0 unspecified atom stereocenters. The monoisotopic (exact) mass is 357 g/mol. The van der Waals surface area contributed by atoms with Gasteiger partial charge in [0.2, 0.25) is 5.91 Å². The molecule has 6 heteroatoms. The molecule has 0 radical (unpaired) electrons. The SMILES string of the molecule is COC(=O)c1ccc(OC)c(NC(=O)CCc2ccc(OC)c(C)c2)c1. The number of methoxy groups -OCH3 is 3. The fraction of sp³-hybridized carbons (Fsp3) is 0.300. The van der Waals surface area contributed by atoms with Crippen LogP contribution < -0.4 is 14.8 Å². The summed E-state index contributed by atoms with van der Waals surface area (Å²) in [6.45, 7) is 1.96. The smallest absolute Gasteiger partial charge is 0.337 e. The minimum absolute atomic E-state index is 0.168. The standard InChI is InChI=1S/C20H23NO5/c1-13-11-14(5-8-17(13)24-2)6-10-19(22)21-16-12-15(20(23)26-4)7-9-18(16)25-3/h5,7-9,11-12H,6,10H2,1-4H3,(H,21,22). The van der Waals surface area contributed by atoms with Crippen LogP contribution in [0.25, 0.3) is 0 Å². The summed E-state index contributed by atoms with van der Waals surface area (Å²) in [5, 5.41) is 2.79. The minimum Gasteiger partial charge on any atom is -0.496 e. The maximum atomic E-state index is 12.3. The zero-order valence-corrected chi connectivity index (χ0v) is 15.4. The lowest BCUT2D eigenvalue weighted by molar-refractivity contribution is -0.116. The summed E-state index contributed by atoms with van der Waals surface area (Å²) in [5.41, 5.74) is 2.85. The number of aryl methyl sites for hydroxylation is 2. The molecule has 0 fully saturated rings. The predicted octanol–water partition coefficient (Wildman–Crippen LogP) is 3.37. The van der Waals surface area contributed by atoms with Gasteiger partial charge in [-0.15, -0.1) is 0 Å². The van der Waals surface area contributed by atoms with Crippen molar-refractivity contribution in [2.45, 2.75) is 19.8 Å². The van der Waals surface area contributed by atoms with E-state index < -0.39 is 5.97 Å². The number of rotatable bonds is 7. The van der Waals surface area contributed by atoms with Crippen LogP contribution in [0.1, 0.15) is 27.9 Å². The van der Waals surface area contributed by atoms with Gasteiger partial charge < -0.3 is 19.5 Å². The van der Waals surface area contributed by atoms with Crippen molar-refractivity contribution >= 4 is 17.6 Å². The lowest BCUT2D eigenvalue weighted by Gasteiger charge is -2.12. The molecule has 2 aromatic rings. The predicted molar refractivity (Wildman–Crippen MR) is 99.0 cm³/mol. The Morgan fingerprint density at radius 1 is 0.962 bits per heavy atom. The molecule has 138 valence electrons. The molecule has 0 saturated carbocycles. The summed E-state index contributed by atoms with van der Waals surface area (Å²) >= 11 is 0. The van der Waals surface area contributed by atoms with E-state index in [0.29, 0.717) is 29.8 Å². The van der Waals surface area contributed by atoms with Crippen LogP contribution in [0.15, 0.2) is 36.4 Å². The molecular weight excluding hydrogens is 334 g/mol. The number of ether oxygens (including phenoxy) is 3. The van der Waals surface area contributed by atoms with Crippen molar-refractivity contribution in [3.63, 3.8) is 0 Å². The van der Waals surface area contributed by atoms with Gasteiger partial charge in [-0.1, -0.05) is 12.1 Å². The largest absolute Gasteiger partial charge is 0.496 e. The van der Waals surface area contributed by atoms with Crippen LogP contribution in [0.3, 0.4) is 0 Å². The second-order valence-electron chi connectivity index (χ2n) is 5.76. The summed E-state index contributed by atoms with van der Waals surface area (Å²) in [7, 11) is 4.44. The summed E-state index contributed by atoms with van der Waals surface area (Å²) in [6, 6.07) is 10.6. The van der Waals surface area contributed by atoms with E-state index in [4.69, 9.17) is 14.2 Å². The molecule has 0 bridgehead atoms. The molecule has 2 aromatic carbocycles. The van der Waals surface area contributed by atoms with Crippen molar-refractivity contribution in [1.29, 1.82) is 0 Å². The molecule has 1 N–H and O–H groups in total. The molecule has 1 amide bonds. The highest BCUT2D eigenvalue weighted by atomic mass is 16.5. The van der Waals surface area contributed by atoms with Gasteiger partial charge in [-0.05, 0) is 48.7 Å². The second-order valence-corrected chi connectivity index (χ2v) is 5.76. The van der Waals surface area contributed by atoms with Crippen LogP contribution in [0, 0.1) is 6.92 Å². The number of benzene rings is 2. The van der Waals surface area contributed by atoms with Crippen molar-refractivity contribution in [2.24, 2.45) is 0 Å². The average molecular weight is 357 g/mol. The third-order valence-electron chi connectivity index (χ3n) is 3.99. The lowest BCUT2D eigenvalue weighted by atomic mass is 10.1. The Morgan fingerprint density at radius 3 is 2.27 bits per heavy atom. The Labute approximate surface area is 153 Å². The molecule has 0 spiro atoms. The van der Waals surface area contributed by atoms with Crippen LogP contribution >= 0.6 is 0 Å². The molecule has 0 saturated heterocycles. The number of carbonyl (C=O) groups is 2. The zero-order valence-electron chi connectivity index (χ0n) is 15.4. The van der Waals surface area contributed by atoms with Crippen molar-refractivity contribution in [3.8, 4) is 11.5 Å². The number of esters is 1. The molecule has 6 nitrogen and oxygen atoms in total. The molecule has 0 heterocycles. The summed E-state index contributed by atoms with van der Waals surface area (Å²) < 4.78 is 15.2. The molecule has 0 aliphatic rings. The first kappa shape index (κ1) is 19.3. The van der Waals surface area contributed by atoms with Gasteiger partial charge in [0, 0.05) is 6.42 Å². The van der Waals surface area contributed by atoms with E-state index in [0.717, 1.165) is 16.9 Å². The van der Waals surface area contributed by atoms with E-state index in [1.807, 2.05) is 25.1 Å². The van der Waals surface area contributed by atoms with E-state index in [2.05, 4.69) is 5.32 Å². The zero-order chi connectivity index (χ0) is 19.1. The number of hydrogen-bond donors (Lipinski definition) is 1. The molecule has 0 aromatic heterocycles. The fourth-order valence-electron chi connectivity index (χ4n) is 2.62. The second kappa shape index (κ2) is 8.89. The van der Waals surface area contributed by atoms with Gasteiger partial charge in [0.15, 0.2) is 0 Å². The van der Waals surface area contributed by atoms with Crippen LogP contribution in [0.5, 0.6) is 11.5 Å². The fourth-order valence-corrected chi connectivity index (χ4v) is 2.62. The first-order valence-electron chi connectivity index (χ1n) is 8.18. The Morgan fingerprint density at radius 2 is 1.65 bits per heavy atom. The quantitative estimate of drug-likeness (QED) is 0.769. The Hall–Kier alpha value is -3.02. The van der Waals surface area contributed by atoms with Crippen LogP contribution in [-0.2, 0) is 16.0 Å². The highest BCUT2D eigenvalue weighted by molar-refractivity contribution is 5.96. The maximum absolute atomic E-state index is 12.3. The van der Waals surface area contributed by atoms with Gasteiger partial charge in [-0.3, -0.25) is 4.79 Å². The normalized spacial score (nSPS) is 10.2. The van der Waals surface area contributed by atoms with Crippen molar-refractivity contribution in [3.05, 3.63) is 53.1 Å². The van der Waals surface area contributed by atoms with Gasteiger partial charge in [-0.25, -0.2) is 4.79 Å². The molecule has 0 aliphatic carbocycles. The van der Waals surface area contributed by atoms with Crippen molar-refractivity contribution in [2.75, 3.05) is 26.6 Å². The third kappa shape index (κ3) is 4.75. The number of anilines is 1. The summed E-state index contributed by atoms with van der Waals surface area (Å²) in [6.07, 6.45) is 0.896. The Kier molecular flexibility index (Phi) is 6.60. The number of amides is 1. The van der Waals surface area contributed by atoms with Gasteiger partial charge in [0.05, 0.1) is 32.6 Å². The third-order valence-corrected chi connectivity index (χ3v) is 3.99. The van der Waals surface area contributed by atoms with Crippen LogP contribution in [-0.4, -0.2) is 33.2 Å². The number of carbonyl (C=O) groups excluding carboxylic acids is 2. The van der Waals surface area contributed by atoms with Gasteiger partial charge >= 0.3 is 5.97 Å². The first-order valence-corrected chi connectivity index (χ1v) is 8.18. The summed E-state index contributed by atoms with van der Waals surface area (Å²) in [4.78, 5) is 24.0. The molecule has 0 atom stereocenters. The van der Waals surface area contributed by atoms with Crippen LogP contribution in [0.2, 0.25) is 0 Å². The summed E-state index contributed by atoms with van der Waals surface area (Å²) in [5.74, 6) is 0.657. The van der Waals surface area contributed by atoms with E-state index in [1.165, 1.54) is 14.2 Å². The van der Waals surface area contributed by atoms with Gasteiger partial charge in [0.1, 0.15) is 11.5 Å². The Bertz CT molecular complexity index is 801.